The minimum Gasteiger partial charge on any atom is -0.496 e. The van der Waals surface area contributed by atoms with E-state index < -0.39 is 0 Å². The average Bonchev–Trinajstić information content (AvgIpc) is 2.86. The summed E-state index contributed by atoms with van der Waals surface area (Å²) in [6.07, 6.45) is 0. The van der Waals surface area contributed by atoms with Gasteiger partial charge in [-0.25, -0.2) is 0 Å². The molecule has 0 bridgehead atoms. The zero-order chi connectivity index (χ0) is 13.9. The lowest BCUT2D eigenvalue weighted by Crippen LogP contribution is -2.10. The fourth-order valence-corrected chi connectivity index (χ4v) is 2.29. The number of rotatable bonds is 4. The molecule has 0 saturated heterocycles. The Morgan fingerprint density at radius 3 is 2.95 bits per heavy atom. The highest BCUT2D eigenvalue weighted by Crippen LogP contribution is 2.34. The third-order valence-corrected chi connectivity index (χ3v) is 3.39. The molecule has 1 unspecified atom stereocenters. The maximum atomic E-state index is 5.92. The molecule has 0 spiro atoms. The van der Waals surface area contributed by atoms with Crippen molar-refractivity contribution in [3.63, 3.8) is 0 Å². The molecular formula is C16H17NO3. The lowest BCUT2D eigenvalue weighted by atomic mass is 10.1. The fourth-order valence-electron chi connectivity index (χ4n) is 2.29. The van der Waals surface area contributed by atoms with E-state index in [4.69, 9.17) is 19.9 Å². The van der Waals surface area contributed by atoms with Gasteiger partial charge in [0.2, 0.25) is 0 Å². The van der Waals surface area contributed by atoms with Crippen LogP contribution < -0.4 is 19.9 Å². The first-order valence-corrected chi connectivity index (χ1v) is 6.55. The highest BCUT2D eigenvalue weighted by Gasteiger charge is 2.20. The second kappa shape index (κ2) is 5.43. The van der Waals surface area contributed by atoms with Crippen LogP contribution in [0.15, 0.2) is 42.5 Å². The molecule has 0 saturated carbocycles. The summed E-state index contributed by atoms with van der Waals surface area (Å²) < 4.78 is 16.6. The van der Waals surface area contributed by atoms with Gasteiger partial charge in [0.15, 0.2) is 0 Å². The molecule has 2 N–H and O–H groups in total. The topological polar surface area (TPSA) is 53.7 Å². The Kier molecular flexibility index (Phi) is 3.48. The van der Waals surface area contributed by atoms with Crippen molar-refractivity contribution in [2.24, 2.45) is 5.73 Å². The van der Waals surface area contributed by atoms with Crippen LogP contribution in [0.5, 0.6) is 17.2 Å². The number of para-hydroxylation sites is 1. The number of ether oxygens (including phenoxy) is 3. The van der Waals surface area contributed by atoms with Gasteiger partial charge in [-0.2, -0.15) is 0 Å². The van der Waals surface area contributed by atoms with Gasteiger partial charge in [0.05, 0.1) is 13.2 Å². The smallest absolute Gasteiger partial charge is 0.127 e. The van der Waals surface area contributed by atoms with Gasteiger partial charge in [0.1, 0.15) is 30.5 Å². The van der Waals surface area contributed by atoms with E-state index >= 15 is 0 Å². The number of methoxy groups -OCH3 is 1. The first-order chi connectivity index (χ1) is 9.78. The van der Waals surface area contributed by atoms with E-state index in [9.17, 15) is 0 Å². The van der Waals surface area contributed by atoms with E-state index in [1.165, 1.54) is 0 Å². The van der Waals surface area contributed by atoms with E-state index in [1.807, 2.05) is 42.5 Å². The monoisotopic (exact) mass is 271 g/mol. The molecule has 0 fully saturated rings. The molecule has 2 aromatic carbocycles. The molecule has 0 radical (unpaired) electrons. The van der Waals surface area contributed by atoms with Gasteiger partial charge in [-0.15, -0.1) is 0 Å². The minimum absolute atomic E-state index is 0.0340. The van der Waals surface area contributed by atoms with Crippen molar-refractivity contribution in [1.29, 1.82) is 0 Å². The van der Waals surface area contributed by atoms with Crippen molar-refractivity contribution in [1.82, 2.24) is 0 Å². The Labute approximate surface area is 118 Å². The molecule has 3 rings (SSSR count). The van der Waals surface area contributed by atoms with Gasteiger partial charge >= 0.3 is 0 Å². The molecule has 4 heteroatoms. The average molecular weight is 271 g/mol. The summed E-state index contributed by atoms with van der Waals surface area (Å²) >= 11 is 0. The van der Waals surface area contributed by atoms with Gasteiger partial charge in [-0.3, -0.25) is 0 Å². The molecule has 1 atom stereocenters. The van der Waals surface area contributed by atoms with Crippen LogP contribution in [-0.4, -0.2) is 13.7 Å². The third kappa shape index (κ3) is 2.42. The van der Waals surface area contributed by atoms with Crippen LogP contribution in [0.4, 0.5) is 0 Å². The maximum Gasteiger partial charge on any atom is 0.127 e. The Balaban J connectivity index is 1.73. The molecule has 1 heterocycles. The van der Waals surface area contributed by atoms with Crippen LogP contribution in [0.25, 0.3) is 0 Å². The summed E-state index contributed by atoms with van der Waals surface area (Å²) in [5, 5.41) is 0. The Hall–Kier alpha value is -2.20. The molecule has 4 nitrogen and oxygen atoms in total. The van der Waals surface area contributed by atoms with Crippen molar-refractivity contribution in [3.8, 4) is 17.2 Å². The van der Waals surface area contributed by atoms with Gasteiger partial charge in [-0.1, -0.05) is 18.2 Å². The molecule has 20 heavy (non-hydrogen) atoms. The van der Waals surface area contributed by atoms with Crippen molar-refractivity contribution < 1.29 is 14.2 Å². The van der Waals surface area contributed by atoms with Crippen LogP contribution in [0.1, 0.15) is 17.2 Å². The van der Waals surface area contributed by atoms with Gasteiger partial charge in [-0.05, 0) is 18.2 Å². The van der Waals surface area contributed by atoms with E-state index in [0.717, 1.165) is 28.4 Å². The molecule has 1 aliphatic rings. The van der Waals surface area contributed by atoms with Crippen molar-refractivity contribution in [2.45, 2.75) is 12.6 Å². The number of hydrogen-bond acceptors (Lipinski definition) is 4. The van der Waals surface area contributed by atoms with Crippen LogP contribution in [-0.2, 0) is 6.61 Å². The van der Waals surface area contributed by atoms with Crippen molar-refractivity contribution >= 4 is 0 Å². The molecule has 2 aromatic rings. The quantitative estimate of drug-likeness (QED) is 0.929. The summed E-state index contributed by atoms with van der Waals surface area (Å²) in [4.78, 5) is 0. The summed E-state index contributed by atoms with van der Waals surface area (Å²) in [7, 11) is 1.66. The highest BCUT2D eigenvalue weighted by atomic mass is 16.5. The Morgan fingerprint density at radius 1 is 1.25 bits per heavy atom. The summed E-state index contributed by atoms with van der Waals surface area (Å²) in [5.74, 6) is 2.41. The normalized spacial score (nSPS) is 16.4. The van der Waals surface area contributed by atoms with Crippen LogP contribution >= 0.6 is 0 Å². The minimum atomic E-state index is -0.0340. The van der Waals surface area contributed by atoms with Gasteiger partial charge < -0.3 is 19.9 Å². The summed E-state index contributed by atoms with van der Waals surface area (Å²) in [5.41, 5.74) is 7.96. The van der Waals surface area contributed by atoms with Crippen LogP contribution in [0, 0.1) is 0 Å². The molecule has 0 aliphatic carbocycles. The second-order valence-corrected chi connectivity index (χ2v) is 4.72. The van der Waals surface area contributed by atoms with E-state index in [-0.39, 0.29) is 6.04 Å². The first-order valence-electron chi connectivity index (χ1n) is 6.55. The van der Waals surface area contributed by atoms with Crippen LogP contribution in [0.3, 0.4) is 0 Å². The summed E-state index contributed by atoms with van der Waals surface area (Å²) in [6.45, 7) is 0.986. The maximum absolute atomic E-state index is 5.92. The van der Waals surface area contributed by atoms with Crippen molar-refractivity contribution in [3.05, 3.63) is 53.6 Å². The Morgan fingerprint density at radius 2 is 2.10 bits per heavy atom. The second-order valence-electron chi connectivity index (χ2n) is 4.72. The SMILES string of the molecule is COc1ccccc1COc1ccc2c(c1)OCC2N. The van der Waals surface area contributed by atoms with E-state index in [2.05, 4.69) is 0 Å². The van der Waals surface area contributed by atoms with Gasteiger partial charge in [0, 0.05) is 17.2 Å². The molecule has 0 aromatic heterocycles. The molecular weight excluding hydrogens is 254 g/mol. The Bertz CT molecular complexity index is 612. The molecule has 1 aliphatic heterocycles. The highest BCUT2D eigenvalue weighted by molar-refractivity contribution is 5.45. The fraction of sp³-hybridized carbons (Fsp3) is 0.250. The first kappa shape index (κ1) is 12.8. The number of nitrogens with two attached hydrogens (primary N) is 1. The lowest BCUT2D eigenvalue weighted by molar-refractivity contribution is 0.293. The lowest BCUT2D eigenvalue weighted by Gasteiger charge is -2.11. The van der Waals surface area contributed by atoms with E-state index in [0.29, 0.717) is 13.2 Å². The number of fused-ring (bicyclic) bond motifs is 1. The zero-order valence-electron chi connectivity index (χ0n) is 11.3. The third-order valence-electron chi connectivity index (χ3n) is 3.39. The molecule has 0 amide bonds. The largest absolute Gasteiger partial charge is 0.496 e. The van der Waals surface area contributed by atoms with E-state index in [1.54, 1.807) is 7.11 Å². The van der Waals surface area contributed by atoms with Gasteiger partial charge in [0.25, 0.3) is 0 Å². The predicted molar refractivity (Wildman–Crippen MR) is 76.2 cm³/mol. The van der Waals surface area contributed by atoms with Crippen LogP contribution in [0.2, 0.25) is 0 Å². The number of hydrogen-bond donors (Lipinski definition) is 1. The predicted octanol–water partition coefficient (Wildman–Crippen LogP) is 2.67. The standard InChI is InChI=1S/C16H17NO3/c1-18-15-5-3-2-4-11(15)9-19-12-6-7-13-14(17)10-20-16(13)8-12/h2-8,14H,9-10,17H2,1H3. The summed E-state index contributed by atoms with van der Waals surface area (Å²) in [6, 6.07) is 13.5. The molecule has 104 valence electrons. The zero-order valence-corrected chi connectivity index (χ0v) is 11.3. The number of benzene rings is 2. The van der Waals surface area contributed by atoms with Crippen molar-refractivity contribution in [2.75, 3.05) is 13.7 Å².